The Hall–Kier alpha value is -0.690. The normalized spacial score (nSPS) is 11.1. The van der Waals surface area contributed by atoms with Gasteiger partial charge in [-0.3, -0.25) is 5.32 Å². The van der Waals surface area contributed by atoms with Crippen molar-refractivity contribution in [3.05, 3.63) is 21.3 Å². The predicted octanol–water partition coefficient (Wildman–Crippen LogP) is 4.38. The summed E-state index contributed by atoms with van der Waals surface area (Å²) in [4.78, 5) is 11.6. The Bertz CT molecular complexity index is 486. The van der Waals surface area contributed by atoms with Gasteiger partial charge < -0.3 is 9.47 Å². The van der Waals surface area contributed by atoms with Crippen LogP contribution in [-0.2, 0) is 10.2 Å². The van der Waals surface area contributed by atoms with E-state index >= 15 is 0 Å². The second-order valence-corrected chi connectivity index (χ2v) is 6.78. The summed E-state index contributed by atoms with van der Waals surface area (Å²) < 4.78 is 11.3. The molecule has 0 aliphatic heterocycles. The van der Waals surface area contributed by atoms with E-state index < -0.39 is 6.09 Å². The molecule has 1 aromatic rings. The molecule has 0 bridgehead atoms. The lowest BCUT2D eigenvalue weighted by Gasteiger charge is -2.24. The van der Waals surface area contributed by atoms with Gasteiger partial charge in [-0.2, -0.15) is 0 Å². The van der Waals surface area contributed by atoms with Crippen LogP contribution in [0.15, 0.2) is 12.1 Å². The average Bonchev–Trinajstić information content (AvgIpc) is 2.34. The van der Waals surface area contributed by atoms with E-state index in [0.717, 1.165) is 14.9 Å². The van der Waals surface area contributed by atoms with Crippen LogP contribution >= 0.6 is 34.2 Å². The Morgan fingerprint density at radius 2 is 2.05 bits per heavy atom. The number of carbonyl (C=O) groups excluding carboxylic acids is 1. The lowest BCUT2D eigenvalue weighted by Crippen LogP contribution is -2.18. The second kappa shape index (κ2) is 7.36. The molecule has 0 atom stereocenters. The van der Waals surface area contributed by atoms with Crippen LogP contribution in [0.5, 0.6) is 5.75 Å². The summed E-state index contributed by atoms with van der Waals surface area (Å²) in [6, 6.07) is 3.75. The summed E-state index contributed by atoms with van der Waals surface area (Å²) in [5.41, 5.74) is 1.61. The molecule has 4 nitrogen and oxygen atoms in total. The maximum Gasteiger partial charge on any atom is 0.411 e. The lowest BCUT2D eigenvalue weighted by molar-refractivity contribution is 0.168. The van der Waals surface area contributed by atoms with Crippen LogP contribution in [0.4, 0.5) is 10.5 Å². The Morgan fingerprint density at radius 3 is 2.55 bits per heavy atom. The van der Waals surface area contributed by atoms with E-state index in [0.29, 0.717) is 5.69 Å². The Morgan fingerprint density at radius 1 is 1.40 bits per heavy atom. The molecule has 0 heterocycles. The Kier molecular flexibility index (Phi) is 6.39. The summed E-state index contributed by atoms with van der Waals surface area (Å²) in [5, 5.41) is 2.70. The second-order valence-electron chi connectivity index (χ2n) is 5.24. The van der Waals surface area contributed by atoms with E-state index in [-0.39, 0.29) is 17.9 Å². The van der Waals surface area contributed by atoms with Crippen LogP contribution in [0, 0.1) is 3.57 Å². The number of alkyl halides is 1. The fourth-order valence-electron chi connectivity index (χ4n) is 1.72. The fourth-order valence-corrected chi connectivity index (χ4v) is 2.64. The number of ether oxygens (including phenoxy) is 2. The van der Waals surface area contributed by atoms with Gasteiger partial charge in [0.2, 0.25) is 0 Å². The van der Waals surface area contributed by atoms with Crippen molar-refractivity contribution in [3.8, 4) is 5.75 Å². The highest BCUT2D eigenvalue weighted by Gasteiger charge is 2.22. The van der Waals surface area contributed by atoms with Crippen LogP contribution in [0.1, 0.15) is 26.3 Å². The fraction of sp³-hybridized carbons (Fsp3) is 0.500. The smallest absolute Gasteiger partial charge is 0.411 e. The summed E-state index contributed by atoms with van der Waals surface area (Å²) >= 11 is 7.66. The third-order valence-electron chi connectivity index (χ3n) is 2.61. The zero-order chi connectivity index (χ0) is 15.3. The minimum absolute atomic E-state index is 0.0942. The first-order valence-electron chi connectivity index (χ1n) is 6.17. The number of rotatable bonds is 4. The molecule has 112 valence electrons. The van der Waals surface area contributed by atoms with Gasteiger partial charge in [0.05, 0.1) is 16.6 Å². The third kappa shape index (κ3) is 4.70. The summed E-state index contributed by atoms with van der Waals surface area (Å²) in [5.74, 6) is 1.11. The molecule has 0 radical (unpaired) electrons. The highest BCUT2D eigenvalue weighted by atomic mass is 127. The predicted molar refractivity (Wildman–Crippen MR) is 90.1 cm³/mol. The van der Waals surface area contributed by atoms with Crippen LogP contribution < -0.4 is 10.1 Å². The molecule has 0 aliphatic carbocycles. The van der Waals surface area contributed by atoms with Crippen molar-refractivity contribution in [2.45, 2.75) is 26.2 Å². The molecule has 0 fully saturated rings. The molecule has 0 spiro atoms. The molecule has 1 N–H and O–H groups in total. The number of methoxy groups -OCH3 is 1. The molecule has 1 aromatic carbocycles. The summed E-state index contributed by atoms with van der Waals surface area (Å²) in [7, 11) is 1.65. The van der Waals surface area contributed by atoms with E-state index in [1.54, 1.807) is 7.11 Å². The lowest BCUT2D eigenvalue weighted by atomic mass is 9.86. The van der Waals surface area contributed by atoms with E-state index in [9.17, 15) is 4.79 Å². The topological polar surface area (TPSA) is 47.6 Å². The highest BCUT2D eigenvalue weighted by molar-refractivity contribution is 14.1. The number of hydrogen-bond donors (Lipinski definition) is 1. The molecular formula is C14H19ClINO3. The van der Waals surface area contributed by atoms with E-state index in [2.05, 4.69) is 48.7 Å². The van der Waals surface area contributed by atoms with Crippen LogP contribution in [-0.4, -0.2) is 25.7 Å². The van der Waals surface area contributed by atoms with Crippen molar-refractivity contribution < 1.29 is 14.3 Å². The summed E-state index contributed by atoms with van der Waals surface area (Å²) in [6.45, 7) is 6.47. The van der Waals surface area contributed by atoms with Crippen molar-refractivity contribution in [2.75, 3.05) is 24.9 Å². The number of benzene rings is 1. The van der Waals surface area contributed by atoms with Gasteiger partial charge in [-0.1, -0.05) is 20.8 Å². The Balaban J connectivity index is 3.05. The molecule has 0 saturated carbocycles. The molecule has 0 aliphatic rings. The number of nitrogens with one attached hydrogen (secondary N) is 1. The largest absolute Gasteiger partial charge is 0.495 e. The monoisotopic (exact) mass is 411 g/mol. The van der Waals surface area contributed by atoms with Gasteiger partial charge >= 0.3 is 6.09 Å². The molecule has 1 amide bonds. The van der Waals surface area contributed by atoms with E-state index in [1.807, 2.05) is 12.1 Å². The third-order valence-corrected chi connectivity index (χ3v) is 3.57. The minimum atomic E-state index is -0.508. The summed E-state index contributed by atoms with van der Waals surface area (Å²) in [6.07, 6.45) is -0.508. The Labute approximate surface area is 138 Å². The van der Waals surface area contributed by atoms with Gasteiger partial charge in [0.1, 0.15) is 12.4 Å². The quantitative estimate of drug-likeness (QED) is 0.591. The van der Waals surface area contributed by atoms with Crippen molar-refractivity contribution in [3.63, 3.8) is 0 Å². The minimum Gasteiger partial charge on any atom is -0.495 e. The van der Waals surface area contributed by atoms with Gasteiger partial charge in [-0.25, -0.2) is 4.79 Å². The standard InChI is InChI=1S/C14H19ClINO3/c1-14(2,3)10-7-9(8-11(16)12(10)19-4)17-13(18)20-6-5-15/h7-8H,5-6H2,1-4H3,(H,17,18). The maximum atomic E-state index is 11.6. The molecule has 6 heteroatoms. The molecule has 0 unspecified atom stereocenters. The molecular weight excluding hydrogens is 393 g/mol. The SMILES string of the molecule is COc1c(I)cc(NC(=O)OCCCl)cc1C(C)(C)C. The van der Waals surface area contributed by atoms with Crippen molar-refractivity contribution in [1.29, 1.82) is 0 Å². The first kappa shape index (κ1) is 17.4. The number of anilines is 1. The molecule has 0 saturated heterocycles. The maximum absolute atomic E-state index is 11.6. The van der Waals surface area contributed by atoms with Crippen LogP contribution in [0.25, 0.3) is 0 Å². The van der Waals surface area contributed by atoms with Gasteiger partial charge in [-0.05, 0) is 40.1 Å². The number of hydrogen-bond acceptors (Lipinski definition) is 3. The van der Waals surface area contributed by atoms with Gasteiger partial charge in [0.25, 0.3) is 0 Å². The number of halogens is 2. The number of amides is 1. The number of carbonyl (C=O) groups is 1. The molecule has 20 heavy (non-hydrogen) atoms. The molecule has 1 rings (SSSR count). The van der Waals surface area contributed by atoms with Gasteiger partial charge in [0, 0.05) is 11.3 Å². The van der Waals surface area contributed by atoms with Crippen molar-refractivity contribution in [2.24, 2.45) is 0 Å². The zero-order valence-electron chi connectivity index (χ0n) is 12.0. The molecule has 0 aromatic heterocycles. The van der Waals surface area contributed by atoms with E-state index in [1.165, 1.54) is 0 Å². The highest BCUT2D eigenvalue weighted by Crippen LogP contribution is 2.37. The average molecular weight is 412 g/mol. The van der Waals surface area contributed by atoms with Gasteiger partial charge in [-0.15, -0.1) is 11.6 Å². The van der Waals surface area contributed by atoms with Crippen LogP contribution in [0.2, 0.25) is 0 Å². The first-order chi connectivity index (χ1) is 9.29. The van der Waals surface area contributed by atoms with E-state index in [4.69, 9.17) is 21.1 Å². The van der Waals surface area contributed by atoms with Crippen molar-refractivity contribution in [1.82, 2.24) is 0 Å². The van der Waals surface area contributed by atoms with Gasteiger partial charge in [0.15, 0.2) is 0 Å². The zero-order valence-corrected chi connectivity index (χ0v) is 15.0. The van der Waals surface area contributed by atoms with Crippen molar-refractivity contribution >= 4 is 46.0 Å². The van der Waals surface area contributed by atoms with Crippen LogP contribution in [0.3, 0.4) is 0 Å². The first-order valence-corrected chi connectivity index (χ1v) is 7.78.